The molecular weight excluding hydrogens is 386 g/mol. The van der Waals surface area contributed by atoms with Gasteiger partial charge in [-0.3, -0.25) is 4.79 Å². The molecule has 5 nitrogen and oxygen atoms in total. The molecule has 4 aromatic rings. The smallest absolute Gasteiger partial charge is 0.248 e. The molecule has 1 N–H and O–H groups in total. The molecule has 0 unspecified atom stereocenters. The van der Waals surface area contributed by atoms with Crippen molar-refractivity contribution in [1.82, 2.24) is 19.5 Å². The van der Waals surface area contributed by atoms with Crippen molar-refractivity contribution >= 4 is 33.7 Å². The topological polar surface area (TPSA) is 63.6 Å². The highest BCUT2D eigenvalue weighted by Gasteiger charge is 2.18. The predicted molar refractivity (Wildman–Crippen MR) is 105 cm³/mol. The van der Waals surface area contributed by atoms with Crippen LogP contribution in [0.4, 0.5) is 8.78 Å². The third-order valence-corrected chi connectivity index (χ3v) is 4.88. The van der Waals surface area contributed by atoms with Gasteiger partial charge in [-0.15, -0.1) is 0 Å². The number of aromatic amines is 1. The zero-order chi connectivity index (χ0) is 20.0. The lowest BCUT2D eigenvalue weighted by molar-refractivity contribution is 0.515. The maximum Gasteiger partial charge on any atom is 0.248 e. The van der Waals surface area contributed by atoms with Gasteiger partial charge in [0.25, 0.3) is 0 Å². The van der Waals surface area contributed by atoms with E-state index < -0.39 is 17.2 Å². The van der Waals surface area contributed by atoms with E-state index in [4.69, 9.17) is 11.6 Å². The molecule has 0 bridgehead atoms. The van der Waals surface area contributed by atoms with Gasteiger partial charge in [-0.2, -0.15) is 0 Å². The van der Waals surface area contributed by atoms with Gasteiger partial charge in [0.05, 0.1) is 17.1 Å². The van der Waals surface area contributed by atoms with Crippen LogP contribution in [0.3, 0.4) is 0 Å². The maximum atomic E-state index is 14.2. The van der Waals surface area contributed by atoms with Gasteiger partial charge in [0, 0.05) is 24.1 Å². The highest BCUT2D eigenvalue weighted by Crippen LogP contribution is 2.26. The first kappa shape index (κ1) is 18.6. The molecule has 0 saturated carbocycles. The Kier molecular flexibility index (Phi) is 4.63. The third kappa shape index (κ3) is 3.16. The molecule has 0 saturated heterocycles. The number of pyridine rings is 2. The fraction of sp³-hybridized carbons (Fsp3) is 0.250. The molecule has 4 rings (SSSR count). The van der Waals surface area contributed by atoms with Crippen LogP contribution in [0.25, 0.3) is 22.1 Å². The summed E-state index contributed by atoms with van der Waals surface area (Å²) in [5.41, 5.74) is 1.05. The molecule has 0 radical (unpaired) electrons. The lowest BCUT2D eigenvalue weighted by atomic mass is 10.1. The zero-order valence-corrected chi connectivity index (χ0v) is 16.0. The highest BCUT2D eigenvalue weighted by molar-refractivity contribution is 6.34. The van der Waals surface area contributed by atoms with Crippen molar-refractivity contribution in [3.05, 3.63) is 68.9 Å². The number of nitrogens with zero attached hydrogens (tertiary/aromatic N) is 3. The number of fused-ring (bicyclic) bond motifs is 2. The molecule has 0 aliphatic carbocycles. The number of hydrogen-bond donors (Lipinski definition) is 1. The van der Waals surface area contributed by atoms with Crippen LogP contribution in [0, 0.1) is 17.6 Å². The summed E-state index contributed by atoms with van der Waals surface area (Å²) in [5, 5.41) is 0.913. The van der Waals surface area contributed by atoms with Gasteiger partial charge < -0.3 is 9.55 Å². The lowest BCUT2D eigenvalue weighted by Gasteiger charge is -2.12. The molecule has 8 heteroatoms. The van der Waals surface area contributed by atoms with E-state index in [0.717, 1.165) is 11.9 Å². The molecule has 1 aromatic carbocycles. The Morgan fingerprint density at radius 3 is 2.79 bits per heavy atom. The first-order chi connectivity index (χ1) is 13.3. The second kappa shape index (κ2) is 6.98. The van der Waals surface area contributed by atoms with Crippen molar-refractivity contribution in [3.8, 4) is 0 Å². The Hall–Kier alpha value is -2.80. The summed E-state index contributed by atoms with van der Waals surface area (Å²) >= 11 is 6.28. The van der Waals surface area contributed by atoms with Gasteiger partial charge in [-0.05, 0) is 29.7 Å². The van der Waals surface area contributed by atoms with Crippen LogP contribution in [-0.4, -0.2) is 19.5 Å². The fourth-order valence-corrected chi connectivity index (χ4v) is 3.54. The molecule has 28 heavy (non-hydrogen) atoms. The van der Waals surface area contributed by atoms with Crippen LogP contribution in [0.15, 0.2) is 35.3 Å². The van der Waals surface area contributed by atoms with Crippen molar-refractivity contribution in [1.29, 1.82) is 0 Å². The Balaban J connectivity index is 1.95. The van der Waals surface area contributed by atoms with Crippen LogP contribution in [0.5, 0.6) is 0 Å². The van der Waals surface area contributed by atoms with Crippen molar-refractivity contribution in [2.75, 3.05) is 0 Å². The highest BCUT2D eigenvalue weighted by atomic mass is 35.5. The van der Waals surface area contributed by atoms with E-state index in [1.807, 2.05) is 4.57 Å². The Bertz CT molecular complexity index is 1260. The Labute approximate surface area is 164 Å². The van der Waals surface area contributed by atoms with Gasteiger partial charge >= 0.3 is 0 Å². The number of halogens is 3. The second-order valence-electron chi connectivity index (χ2n) is 7.12. The van der Waals surface area contributed by atoms with Gasteiger partial charge in [0.1, 0.15) is 11.3 Å². The second-order valence-corrected chi connectivity index (χ2v) is 7.53. The monoisotopic (exact) mass is 402 g/mol. The van der Waals surface area contributed by atoms with Crippen LogP contribution in [0.1, 0.15) is 25.2 Å². The molecule has 3 aromatic heterocycles. The summed E-state index contributed by atoms with van der Waals surface area (Å²) in [7, 11) is 0. The molecule has 0 aliphatic heterocycles. The average molecular weight is 403 g/mol. The van der Waals surface area contributed by atoms with E-state index >= 15 is 0 Å². The van der Waals surface area contributed by atoms with Gasteiger partial charge in [-0.1, -0.05) is 25.4 Å². The van der Waals surface area contributed by atoms with E-state index in [0.29, 0.717) is 39.5 Å². The number of nitrogens with one attached hydrogen (secondary N) is 1. The molecule has 0 spiro atoms. The van der Waals surface area contributed by atoms with Gasteiger partial charge in [0.2, 0.25) is 5.56 Å². The van der Waals surface area contributed by atoms with Crippen molar-refractivity contribution < 1.29 is 8.78 Å². The minimum absolute atomic E-state index is 0.150. The summed E-state index contributed by atoms with van der Waals surface area (Å²) in [5.74, 6) is -0.990. The molecule has 0 aliphatic rings. The molecule has 144 valence electrons. The standard InChI is InChI=1S/C20H17ClF2N4O/c1-10(2)7-15-25-19-13(21)5-6-24-20(19)27(15)9-11-8-16(28)26-18-12(11)3-4-14(22)17(18)23/h3-6,8,10H,7,9H2,1-2H3,(H,26,28). The van der Waals surface area contributed by atoms with E-state index in [1.165, 1.54) is 12.1 Å². The molecular formula is C20H17ClF2N4O. The lowest BCUT2D eigenvalue weighted by Crippen LogP contribution is -2.13. The Morgan fingerprint density at radius 2 is 2.04 bits per heavy atom. The number of aromatic nitrogens is 4. The number of benzene rings is 1. The molecule has 0 fully saturated rings. The van der Waals surface area contributed by atoms with Gasteiger partial charge in [0.15, 0.2) is 17.3 Å². The van der Waals surface area contributed by atoms with Crippen LogP contribution in [-0.2, 0) is 13.0 Å². The van der Waals surface area contributed by atoms with Crippen LogP contribution >= 0.6 is 11.6 Å². The maximum absolute atomic E-state index is 14.2. The largest absolute Gasteiger partial charge is 0.319 e. The zero-order valence-electron chi connectivity index (χ0n) is 15.3. The SMILES string of the molecule is CC(C)Cc1nc2c(Cl)ccnc2n1Cc1cc(=O)[nH]c2c(F)c(F)ccc12. The number of imidazole rings is 1. The molecule has 0 amide bonds. The summed E-state index contributed by atoms with van der Waals surface area (Å²) in [6.45, 7) is 4.37. The minimum atomic E-state index is -1.07. The van der Waals surface area contributed by atoms with Crippen LogP contribution < -0.4 is 5.56 Å². The first-order valence-electron chi connectivity index (χ1n) is 8.84. The summed E-state index contributed by atoms with van der Waals surface area (Å²) < 4.78 is 29.7. The average Bonchev–Trinajstić information content (AvgIpc) is 2.97. The quantitative estimate of drug-likeness (QED) is 0.548. The van der Waals surface area contributed by atoms with Crippen molar-refractivity contribution in [2.45, 2.75) is 26.8 Å². The van der Waals surface area contributed by atoms with E-state index in [1.54, 1.807) is 12.3 Å². The first-order valence-corrected chi connectivity index (χ1v) is 9.22. The number of H-pyrrole nitrogens is 1. The van der Waals surface area contributed by atoms with E-state index in [9.17, 15) is 13.6 Å². The van der Waals surface area contributed by atoms with E-state index in [-0.39, 0.29) is 12.1 Å². The summed E-state index contributed by atoms with van der Waals surface area (Å²) in [4.78, 5) is 23.5. The van der Waals surface area contributed by atoms with Crippen molar-refractivity contribution in [3.63, 3.8) is 0 Å². The predicted octanol–water partition coefficient (Wildman–Crippen LogP) is 4.45. The summed E-state index contributed by atoms with van der Waals surface area (Å²) in [6, 6.07) is 5.56. The molecule has 3 heterocycles. The van der Waals surface area contributed by atoms with E-state index in [2.05, 4.69) is 28.8 Å². The minimum Gasteiger partial charge on any atom is -0.319 e. The van der Waals surface area contributed by atoms with Crippen LogP contribution in [0.2, 0.25) is 5.02 Å². The normalized spacial score (nSPS) is 11.8. The molecule has 0 atom stereocenters. The summed E-state index contributed by atoms with van der Waals surface area (Å²) in [6.07, 6.45) is 2.27. The van der Waals surface area contributed by atoms with Crippen molar-refractivity contribution in [2.24, 2.45) is 5.92 Å². The third-order valence-electron chi connectivity index (χ3n) is 4.58. The fourth-order valence-electron chi connectivity index (χ4n) is 3.36. The van der Waals surface area contributed by atoms with Gasteiger partial charge in [-0.25, -0.2) is 18.7 Å². The Morgan fingerprint density at radius 1 is 1.25 bits per heavy atom. The number of hydrogen-bond acceptors (Lipinski definition) is 3. The number of rotatable bonds is 4.